The number of hydrogen-bond acceptors (Lipinski definition) is 2. The van der Waals surface area contributed by atoms with Gasteiger partial charge in [-0.15, -0.1) is 0 Å². The van der Waals surface area contributed by atoms with Crippen LogP contribution in [-0.4, -0.2) is 8.32 Å². The lowest BCUT2D eigenvalue weighted by Crippen LogP contribution is -2.27. The molecule has 1 atom stereocenters. The lowest BCUT2D eigenvalue weighted by atomic mass is 10.0. The van der Waals surface area contributed by atoms with Gasteiger partial charge in [0, 0.05) is 0 Å². The van der Waals surface area contributed by atoms with Crippen LogP contribution < -0.4 is 0 Å². The van der Waals surface area contributed by atoms with Crippen LogP contribution in [0.2, 0.25) is 19.6 Å². The zero-order chi connectivity index (χ0) is 13.2. The Morgan fingerprint density at radius 1 is 1.06 bits per heavy atom. The van der Waals surface area contributed by atoms with E-state index in [1.54, 1.807) is 0 Å². The third kappa shape index (κ3) is 2.98. The average molecular weight is 255 g/mol. The molecule has 0 aliphatic heterocycles. The molecule has 92 valence electrons. The fraction of sp³-hybridized carbons (Fsp3) is 0.267. The number of hydrogen-bond donors (Lipinski definition) is 0. The molecular formula is C15H17NOSi. The van der Waals surface area contributed by atoms with E-state index in [0.717, 1.165) is 10.9 Å². The minimum atomic E-state index is -1.71. The first-order valence-corrected chi connectivity index (χ1v) is 9.46. The topological polar surface area (TPSA) is 33.0 Å². The van der Waals surface area contributed by atoms with Crippen LogP contribution in [-0.2, 0) is 4.43 Å². The molecular weight excluding hydrogens is 238 g/mol. The predicted octanol–water partition coefficient (Wildman–Crippen LogP) is 4.26. The van der Waals surface area contributed by atoms with Gasteiger partial charge < -0.3 is 4.43 Å². The molecule has 0 aromatic heterocycles. The van der Waals surface area contributed by atoms with Crippen molar-refractivity contribution in [3.8, 4) is 6.07 Å². The maximum absolute atomic E-state index is 9.26. The second-order valence-electron chi connectivity index (χ2n) is 5.35. The van der Waals surface area contributed by atoms with Crippen molar-refractivity contribution in [3.63, 3.8) is 0 Å². The zero-order valence-electron chi connectivity index (χ0n) is 11.0. The molecule has 0 heterocycles. The van der Waals surface area contributed by atoms with Crippen molar-refractivity contribution in [2.75, 3.05) is 0 Å². The molecule has 2 aromatic carbocycles. The highest BCUT2D eigenvalue weighted by Crippen LogP contribution is 2.25. The molecule has 2 nitrogen and oxygen atoms in total. The van der Waals surface area contributed by atoms with Gasteiger partial charge in [0.05, 0.1) is 6.07 Å². The van der Waals surface area contributed by atoms with Gasteiger partial charge in [-0.25, -0.2) is 0 Å². The van der Waals surface area contributed by atoms with Gasteiger partial charge in [0.1, 0.15) is 0 Å². The van der Waals surface area contributed by atoms with Gasteiger partial charge in [-0.05, 0) is 42.0 Å². The Morgan fingerprint density at radius 3 is 2.33 bits per heavy atom. The predicted molar refractivity (Wildman–Crippen MR) is 76.7 cm³/mol. The molecule has 0 N–H and O–H groups in total. The molecule has 0 aliphatic carbocycles. The number of benzene rings is 2. The van der Waals surface area contributed by atoms with Gasteiger partial charge in [-0.3, -0.25) is 0 Å². The summed E-state index contributed by atoms with van der Waals surface area (Å²) >= 11 is 0. The second-order valence-corrected chi connectivity index (χ2v) is 9.81. The first kappa shape index (κ1) is 12.8. The molecule has 0 spiro atoms. The van der Waals surface area contributed by atoms with Gasteiger partial charge in [-0.2, -0.15) is 5.26 Å². The highest BCUT2D eigenvalue weighted by atomic mass is 28.4. The van der Waals surface area contributed by atoms with Crippen molar-refractivity contribution in [1.82, 2.24) is 0 Å². The first-order valence-electron chi connectivity index (χ1n) is 6.06. The van der Waals surface area contributed by atoms with Crippen molar-refractivity contribution < 1.29 is 4.43 Å². The van der Waals surface area contributed by atoms with Crippen molar-refractivity contribution >= 4 is 19.1 Å². The normalized spacial score (nSPS) is 13.2. The molecule has 3 heteroatoms. The number of nitrogens with zero attached hydrogens (tertiary/aromatic N) is 1. The van der Waals surface area contributed by atoms with E-state index in [2.05, 4.69) is 37.8 Å². The maximum atomic E-state index is 9.26. The summed E-state index contributed by atoms with van der Waals surface area (Å²) in [5.41, 5.74) is 0.943. The van der Waals surface area contributed by atoms with E-state index in [-0.39, 0.29) is 0 Å². The summed E-state index contributed by atoms with van der Waals surface area (Å²) in [5, 5.41) is 11.6. The van der Waals surface area contributed by atoms with E-state index < -0.39 is 14.4 Å². The van der Waals surface area contributed by atoms with E-state index in [1.807, 2.05) is 30.3 Å². The van der Waals surface area contributed by atoms with Gasteiger partial charge in [0.2, 0.25) is 0 Å². The SMILES string of the molecule is C[Si](C)(C)O[C@H](C#N)c1ccc2ccccc2c1. The summed E-state index contributed by atoms with van der Waals surface area (Å²) in [6.45, 7) is 6.29. The Morgan fingerprint density at radius 2 is 1.72 bits per heavy atom. The Bertz CT molecular complexity index is 595. The van der Waals surface area contributed by atoms with E-state index in [4.69, 9.17) is 4.43 Å². The van der Waals surface area contributed by atoms with Gasteiger partial charge >= 0.3 is 0 Å². The number of rotatable bonds is 3. The third-order valence-electron chi connectivity index (χ3n) is 2.66. The lowest BCUT2D eigenvalue weighted by Gasteiger charge is -2.22. The minimum Gasteiger partial charge on any atom is -0.399 e. The fourth-order valence-electron chi connectivity index (χ4n) is 1.89. The minimum absolute atomic E-state index is 0.457. The molecule has 0 bridgehead atoms. The van der Waals surface area contributed by atoms with Crippen LogP contribution in [0.25, 0.3) is 10.8 Å². The van der Waals surface area contributed by atoms with Crippen LogP contribution in [0.3, 0.4) is 0 Å². The highest BCUT2D eigenvalue weighted by Gasteiger charge is 2.22. The van der Waals surface area contributed by atoms with Crippen molar-refractivity contribution in [2.24, 2.45) is 0 Å². The number of fused-ring (bicyclic) bond motifs is 1. The molecule has 18 heavy (non-hydrogen) atoms. The standard InChI is InChI=1S/C15H17NOSi/c1-18(2,3)17-15(11-16)14-9-8-12-6-4-5-7-13(12)10-14/h4-10,15H,1-3H3/t15-/m1/s1. The Kier molecular flexibility index (Phi) is 3.51. The third-order valence-corrected chi connectivity index (χ3v) is 3.61. The van der Waals surface area contributed by atoms with Crippen molar-refractivity contribution in [1.29, 1.82) is 5.26 Å². The molecule has 0 saturated carbocycles. The molecule has 0 radical (unpaired) electrons. The molecule has 0 fully saturated rings. The summed E-state index contributed by atoms with van der Waals surface area (Å²) in [7, 11) is -1.71. The van der Waals surface area contributed by atoms with Crippen LogP contribution in [0.5, 0.6) is 0 Å². The molecule has 2 aromatic rings. The Balaban J connectivity index is 2.37. The smallest absolute Gasteiger partial charge is 0.186 e. The Hall–Kier alpha value is -1.63. The molecule has 2 rings (SSSR count). The largest absolute Gasteiger partial charge is 0.399 e. The van der Waals surface area contributed by atoms with E-state index in [0.29, 0.717) is 0 Å². The average Bonchev–Trinajstić information content (AvgIpc) is 2.34. The lowest BCUT2D eigenvalue weighted by molar-refractivity contribution is 0.255. The molecule has 0 amide bonds. The van der Waals surface area contributed by atoms with Crippen LogP contribution >= 0.6 is 0 Å². The van der Waals surface area contributed by atoms with Gasteiger partial charge in [0.25, 0.3) is 0 Å². The summed E-state index contributed by atoms with van der Waals surface area (Å²) < 4.78 is 5.90. The quantitative estimate of drug-likeness (QED) is 0.768. The highest BCUT2D eigenvalue weighted by molar-refractivity contribution is 6.69. The van der Waals surface area contributed by atoms with Crippen LogP contribution in [0.15, 0.2) is 42.5 Å². The number of nitriles is 1. The summed E-state index contributed by atoms with van der Waals surface area (Å²) in [5.74, 6) is 0. The molecule has 0 saturated heterocycles. The summed E-state index contributed by atoms with van der Waals surface area (Å²) in [4.78, 5) is 0. The van der Waals surface area contributed by atoms with E-state index >= 15 is 0 Å². The molecule has 0 aliphatic rings. The van der Waals surface area contributed by atoms with Crippen molar-refractivity contribution in [2.45, 2.75) is 25.7 Å². The summed E-state index contributed by atoms with van der Waals surface area (Å²) in [6.07, 6.45) is -0.457. The Labute approximate surface area is 109 Å². The second kappa shape index (κ2) is 4.93. The van der Waals surface area contributed by atoms with Crippen LogP contribution in [0.4, 0.5) is 0 Å². The van der Waals surface area contributed by atoms with Crippen LogP contribution in [0.1, 0.15) is 11.7 Å². The van der Waals surface area contributed by atoms with Crippen molar-refractivity contribution in [3.05, 3.63) is 48.0 Å². The molecule has 0 unspecified atom stereocenters. The first-order chi connectivity index (χ1) is 8.49. The van der Waals surface area contributed by atoms with Gasteiger partial charge in [-0.1, -0.05) is 36.4 Å². The van der Waals surface area contributed by atoms with Gasteiger partial charge in [0.15, 0.2) is 14.4 Å². The van der Waals surface area contributed by atoms with E-state index in [9.17, 15) is 5.26 Å². The zero-order valence-corrected chi connectivity index (χ0v) is 12.0. The fourth-order valence-corrected chi connectivity index (χ4v) is 2.79. The monoisotopic (exact) mass is 255 g/mol. The van der Waals surface area contributed by atoms with Crippen LogP contribution in [0, 0.1) is 11.3 Å². The van der Waals surface area contributed by atoms with E-state index in [1.165, 1.54) is 5.39 Å². The maximum Gasteiger partial charge on any atom is 0.186 e. The summed E-state index contributed by atoms with van der Waals surface area (Å²) in [6, 6.07) is 16.5.